The first-order chi connectivity index (χ1) is 12.7. The first kappa shape index (κ1) is 21.4. The van der Waals surface area contributed by atoms with Crippen molar-refractivity contribution in [2.24, 2.45) is 0 Å². The van der Waals surface area contributed by atoms with Gasteiger partial charge in [-0.2, -0.15) is 0 Å². The Bertz CT molecular complexity index is 649. The Hall–Kier alpha value is -2.69. The second-order valence-corrected chi connectivity index (χ2v) is 5.45. The van der Waals surface area contributed by atoms with Crippen molar-refractivity contribution in [1.82, 2.24) is 10.3 Å². The molecule has 1 amide bonds. The lowest BCUT2D eigenvalue weighted by atomic mass is 10.1. The number of amides is 1. The maximum Gasteiger partial charge on any atom is 0.306 e. The largest absolute Gasteiger partial charge is 0.461 e. The van der Waals surface area contributed by atoms with Gasteiger partial charge in [0.2, 0.25) is 5.91 Å². The van der Waals surface area contributed by atoms with Gasteiger partial charge >= 0.3 is 5.97 Å². The molecule has 0 atom stereocenters. The van der Waals surface area contributed by atoms with Crippen molar-refractivity contribution in [2.75, 3.05) is 6.54 Å². The summed E-state index contributed by atoms with van der Waals surface area (Å²) in [5, 5.41) is 2.57. The zero-order chi connectivity index (χ0) is 19.2. The van der Waals surface area contributed by atoms with Gasteiger partial charge in [-0.05, 0) is 29.2 Å². The van der Waals surface area contributed by atoms with Crippen molar-refractivity contribution in [1.29, 1.82) is 0 Å². The summed E-state index contributed by atoms with van der Waals surface area (Å²) in [5.41, 5.74) is 3.19. The number of nitrogens with zero attached hydrogens (tertiary/aromatic N) is 1. The van der Waals surface area contributed by atoms with Gasteiger partial charge < -0.3 is 10.1 Å². The quantitative estimate of drug-likeness (QED) is 0.646. The maximum absolute atomic E-state index is 11.3. The standard InChI is InChI=1S/C16H17NO2.C3H5NO.C2H6/c1-2-4-16(18)19-12-13-6-8-14(9-7-13)15-5-3-10-17-11-15;5-3-1-2-4-3;1-2/h3,5-11H,2,4,12H2,1H3;1-2H2,(H,4,5);1-2H3. The molecule has 0 saturated carbocycles. The van der Waals surface area contributed by atoms with E-state index in [1.54, 1.807) is 6.20 Å². The molecule has 2 aromatic rings. The molecule has 1 fully saturated rings. The van der Waals surface area contributed by atoms with Gasteiger partial charge in [0.1, 0.15) is 6.61 Å². The van der Waals surface area contributed by atoms with Crippen LogP contribution < -0.4 is 5.32 Å². The molecule has 1 aliphatic rings. The van der Waals surface area contributed by atoms with Gasteiger partial charge in [0.15, 0.2) is 0 Å². The number of aromatic nitrogens is 1. The molecular formula is C21H28N2O3. The number of carbonyl (C=O) groups excluding carboxylic acids is 2. The van der Waals surface area contributed by atoms with Crippen LogP contribution in [0.4, 0.5) is 0 Å². The third-order valence-corrected chi connectivity index (χ3v) is 3.48. The molecule has 2 heterocycles. The van der Waals surface area contributed by atoms with Crippen molar-refractivity contribution in [3.8, 4) is 11.1 Å². The Morgan fingerprint density at radius 2 is 1.81 bits per heavy atom. The summed E-state index contributed by atoms with van der Waals surface area (Å²) in [6.07, 6.45) is 5.62. The molecule has 0 spiro atoms. The molecule has 3 rings (SSSR count). The molecule has 1 aromatic heterocycles. The van der Waals surface area contributed by atoms with E-state index in [1.807, 2.05) is 63.4 Å². The number of carbonyl (C=O) groups is 2. The summed E-state index contributed by atoms with van der Waals surface area (Å²) < 4.78 is 5.16. The highest BCUT2D eigenvalue weighted by Gasteiger charge is 2.07. The minimum atomic E-state index is -0.140. The number of nitrogens with one attached hydrogen (secondary N) is 1. The van der Waals surface area contributed by atoms with E-state index in [9.17, 15) is 9.59 Å². The van der Waals surface area contributed by atoms with Crippen molar-refractivity contribution in [2.45, 2.75) is 46.6 Å². The van der Waals surface area contributed by atoms with Crippen molar-refractivity contribution in [3.05, 3.63) is 54.4 Å². The highest BCUT2D eigenvalue weighted by Crippen LogP contribution is 2.18. The molecule has 0 aliphatic carbocycles. The van der Waals surface area contributed by atoms with Crippen LogP contribution in [0.15, 0.2) is 48.8 Å². The Labute approximate surface area is 155 Å². The second kappa shape index (κ2) is 12.6. The van der Waals surface area contributed by atoms with E-state index in [-0.39, 0.29) is 11.9 Å². The summed E-state index contributed by atoms with van der Waals surface area (Å²) in [7, 11) is 0. The van der Waals surface area contributed by atoms with E-state index in [0.29, 0.717) is 13.0 Å². The zero-order valence-electron chi connectivity index (χ0n) is 15.8. The normalized spacial score (nSPS) is 11.6. The van der Waals surface area contributed by atoms with Gasteiger partial charge in [-0.3, -0.25) is 14.6 Å². The number of esters is 1. The Morgan fingerprint density at radius 3 is 2.27 bits per heavy atom. The van der Waals surface area contributed by atoms with E-state index in [4.69, 9.17) is 4.74 Å². The zero-order valence-corrected chi connectivity index (χ0v) is 15.8. The Kier molecular flexibility index (Phi) is 10.4. The summed E-state index contributed by atoms with van der Waals surface area (Å²) in [6, 6.07) is 11.9. The highest BCUT2D eigenvalue weighted by molar-refractivity contribution is 5.81. The fraction of sp³-hybridized carbons (Fsp3) is 0.381. The highest BCUT2D eigenvalue weighted by atomic mass is 16.5. The van der Waals surface area contributed by atoms with Gasteiger partial charge in [0.05, 0.1) is 0 Å². The van der Waals surface area contributed by atoms with Crippen molar-refractivity contribution in [3.63, 3.8) is 0 Å². The monoisotopic (exact) mass is 356 g/mol. The van der Waals surface area contributed by atoms with Crippen LogP contribution in [-0.2, 0) is 20.9 Å². The average molecular weight is 356 g/mol. The Balaban J connectivity index is 0.000000408. The van der Waals surface area contributed by atoms with E-state index in [0.717, 1.165) is 36.1 Å². The lowest BCUT2D eigenvalue weighted by Gasteiger charge is -2.10. The molecule has 1 aromatic carbocycles. The second-order valence-electron chi connectivity index (χ2n) is 5.45. The Morgan fingerprint density at radius 1 is 1.15 bits per heavy atom. The van der Waals surface area contributed by atoms with Crippen LogP contribution in [0.5, 0.6) is 0 Å². The summed E-state index contributed by atoms with van der Waals surface area (Å²) in [6.45, 7) is 7.19. The number of benzene rings is 1. The maximum atomic E-state index is 11.3. The fourth-order valence-corrected chi connectivity index (χ4v) is 1.99. The minimum Gasteiger partial charge on any atom is -0.461 e. The smallest absolute Gasteiger partial charge is 0.306 e. The van der Waals surface area contributed by atoms with Crippen LogP contribution in [0.1, 0.15) is 45.6 Å². The summed E-state index contributed by atoms with van der Waals surface area (Å²) >= 11 is 0. The number of rotatable bonds is 5. The molecule has 1 saturated heterocycles. The predicted molar refractivity (Wildman–Crippen MR) is 103 cm³/mol. The molecule has 5 nitrogen and oxygen atoms in total. The van der Waals surface area contributed by atoms with Gasteiger partial charge in [-0.1, -0.05) is 51.1 Å². The van der Waals surface area contributed by atoms with Crippen LogP contribution in [-0.4, -0.2) is 23.4 Å². The van der Waals surface area contributed by atoms with Gasteiger partial charge in [-0.15, -0.1) is 0 Å². The first-order valence-corrected chi connectivity index (χ1v) is 9.10. The van der Waals surface area contributed by atoms with Crippen LogP contribution in [0.25, 0.3) is 11.1 Å². The molecule has 5 heteroatoms. The molecule has 0 unspecified atom stereocenters. The third-order valence-electron chi connectivity index (χ3n) is 3.48. The minimum absolute atomic E-state index is 0.140. The van der Waals surface area contributed by atoms with Gasteiger partial charge in [0.25, 0.3) is 0 Å². The molecule has 1 N–H and O–H groups in total. The summed E-state index contributed by atoms with van der Waals surface area (Å²) in [4.78, 5) is 25.2. The SMILES string of the molecule is CC.CCCC(=O)OCc1ccc(-c2cccnc2)cc1.O=C1CCN1. The van der Waals surface area contributed by atoms with Crippen LogP contribution in [0, 0.1) is 0 Å². The number of ether oxygens (including phenoxy) is 1. The molecule has 26 heavy (non-hydrogen) atoms. The number of hydrogen-bond acceptors (Lipinski definition) is 4. The van der Waals surface area contributed by atoms with Crippen LogP contribution >= 0.6 is 0 Å². The van der Waals surface area contributed by atoms with Crippen LogP contribution in [0.2, 0.25) is 0 Å². The van der Waals surface area contributed by atoms with Gasteiger partial charge in [-0.25, -0.2) is 0 Å². The number of pyridine rings is 1. The third kappa shape index (κ3) is 7.92. The molecule has 0 radical (unpaired) electrons. The van der Waals surface area contributed by atoms with Crippen LogP contribution in [0.3, 0.4) is 0 Å². The predicted octanol–water partition coefficient (Wildman–Crippen LogP) is 4.12. The van der Waals surface area contributed by atoms with Gasteiger partial charge in [0, 0.05) is 31.8 Å². The molecular weight excluding hydrogens is 328 g/mol. The van der Waals surface area contributed by atoms with E-state index < -0.39 is 0 Å². The first-order valence-electron chi connectivity index (χ1n) is 9.10. The topological polar surface area (TPSA) is 68.3 Å². The molecule has 1 aliphatic heterocycles. The number of β-lactam (4-membered cyclic amide) rings is 1. The molecule has 0 bridgehead atoms. The lowest BCUT2D eigenvalue weighted by molar-refractivity contribution is -0.145. The lowest BCUT2D eigenvalue weighted by Crippen LogP contribution is -2.37. The number of hydrogen-bond donors (Lipinski definition) is 1. The fourth-order valence-electron chi connectivity index (χ4n) is 1.99. The van der Waals surface area contributed by atoms with E-state index in [2.05, 4.69) is 10.3 Å². The van der Waals surface area contributed by atoms with E-state index in [1.165, 1.54) is 0 Å². The molecule has 140 valence electrons. The van der Waals surface area contributed by atoms with Crippen molar-refractivity contribution >= 4 is 11.9 Å². The van der Waals surface area contributed by atoms with Crippen molar-refractivity contribution < 1.29 is 14.3 Å². The summed E-state index contributed by atoms with van der Waals surface area (Å²) in [5.74, 6) is 0.0452. The van der Waals surface area contributed by atoms with E-state index >= 15 is 0 Å². The average Bonchev–Trinajstić information content (AvgIpc) is 2.68.